The van der Waals surface area contributed by atoms with Gasteiger partial charge in [-0.25, -0.2) is 9.59 Å². The van der Waals surface area contributed by atoms with E-state index in [1.54, 1.807) is 24.3 Å². The Morgan fingerprint density at radius 2 is 1.97 bits per heavy atom. The largest absolute Gasteiger partial charge is 0.493 e. The van der Waals surface area contributed by atoms with Crippen molar-refractivity contribution in [2.24, 2.45) is 0 Å². The van der Waals surface area contributed by atoms with Crippen LogP contribution in [0.3, 0.4) is 0 Å². The van der Waals surface area contributed by atoms with Crippen LogP contribution in [0.15, 0.2) is 63.1 Å². The van der Waals surface area contributed by atoms with E-state index in [9.17, 15) is 24.5 Å². The Balaban J connectivity index is 1.59. The molecule has 0 bridgehead atoms. The average Bonchev–Trinajstić information content (AvgIpc) is 3.47. The zero-order valence-corrected chi connectivity index (χ0v) is 21.6. The second-order valence-corrected chi connectivity index (χ2v) is 8.79. The molecule has 1 aliphatic rings. The number of rotatable bonds is 9. The number of carbonyl (C=O) groups is 3. The molecule has 0 aliphatic carbocycles. The number of nitrogens with one attached hydrogen (secondary N) is 1. The average molecular weight is 586 g/mol. The molecule has 2 aromatic carbocycles. The van der Waals surface area contributed by atoms with E-state index in [0.717, 1.165) is 4.90 Å². The number of imide groups is 1. The Morgan fingerprint density at radius 1 is 1.18 bits per heavy atom. The SMILES string of the molecule is COC(=O)c1ccc(CN2C(=O)N/C(=C\c3cc(Br)cc(OC)c3OCc3cccc([N+](=O)[O-])c3)C2=O)o1. The number of hydrogen-bond acceptors (Lipinski definition) is 9. The van der Waals surface area contributed by atoms with Gasteiger partial charge in [-0.1, -0.05) is 28.1 Å². The Morgan fingerprint density at radius 3 is 2.68 bits per heavy atom. The van der Waals surface area contributed by atoms with E-state index in [-0.39, 0.29) is 41.8 Å². The van der Waals surface area contributed by atoms with Crippen LogP contribution in [0.2, 0.25) is 0 Å². The number of urea groups is 1. The van der Waals surface area contributed by atoms with Gasteiger partial charge in [-0.2, -0.15) is 0 Å². The van der Waals surface area contributed by atoms with Crippen LogP contribution in [-0.2, 0) is 22.7 Å². The van der Waals surface area contributed by atoms with Crippen LogP contribution in [0.5, 0.6) is 11.5 Å². The highest BCUT2D eigenvalue weighted by molar-refractivity contribution is 9.10. The molecule has 13 heteroatoms. The lowest BCUT2D eigenvalue weighted by Crippen LogP contribution is -2.30. The third-order valence-corrected chi connectivity index (χ3v) is 5.85. The van der Waals surface area contributed by atoms with Gasteiger partial charge in [0.05, 0.1) is 25.7 Å². The third kappa shape index (κ3) is 5.67. The highest BCUT2D eigenvalue weighted by atomic mass is 79.9. The molecule has 12 nitrogen and oxygen atoms in total. The third-order valence-electron chi connectivity index (χ3n) is 5.40. The molecule has 3 aromatic rings. The highest BCUT2D eigenvalue weighted by Gasteiger charge is 2.35. The summed E-state index contributed by atoms with van der Waals surface area (Å²) in [5.41, 5.74) is 0.836. The van der Waals surface area contributed by atoms with E-state index in [2.05, 4.69) is 26.0 Å². The fourth-order valence-corrected chi connectivity index (χ4v) is 4.07. The maximum atomic E-state index is 13.0. The van der Waals surface area contributed by atoms with Crippen LogP contribution in [0, 0.1) is 10.1 Å². The van der Waals surface area contributed by atoms with Crippen molar-refractivity contribution < 1.29 is 37.9 Å². The van der Waals surface area contributed by atoms with Crippen LogP contribution in [-0.4, -0.2) is 42.0 Å². The van der Waals surface area contributed by atoms with Gasteiger partial charge in [-0.15, -0.1) is 0 Å². The Hall–Kier alpha value is -4.65. The summed E-state index contributed by atoms with van der Waals surface area (Å²) in [4.78, 5) is 48.7. The molecule has 1 saturated heterocycles. The topological polar surface area (TPSA) is 150 Å². The molecule has 0 radical (unpaired) electrons. The number of hydrogen-bond donors (Lipinski definition) is 1. The number of benzene rings is 2. The summed E-state index contributed by atoms with van der Waals surface area (Å²) in [5.74, 6) is -0.581. The summed E-state index contributed by atoms with van der Waals surface area (Å²) >= 11 is 3.39. The fourth-order valence-electron chi connectivity index (χ4n) is 3.62. The summed E-state index contributed by atoms with van der Waals surface area (Å²) in [5, 5.41) is 13.6. The first-order chi connectivity index (χ1) is 18.2. The number of methoxy groups -OCH3 is 2. The van der Waals surface area contributed by atoms with Crippen molar-refractivity contribution in [3.05, 3.63) is 91.5 Å². The second kappa shape index (κ2) is 11.2. The number of amides is 3. The first-order valence-corrected chi connectivity index (χ1v) is 11.7. The van der Waals surface area contributed by atoms with E-state index < -0.39 is 22.8 Å². The predicted octanol–water partition coefficient (Wildman–Crippen LogP) is 4.42. The van der Waals surface area contributed by atoms with E-state index in [1.165, 1.54) is 44.6 Å². The van der Waals surface area contributed by atoms with Gasteiger partial charge in [0, 0.05) is 22.2 Å². The summed E-state index contributed by atoms with van der Waals surface area (Å²) < 4.78 is 22.0. The van der Waals surface area contributed by atoms with Crippen molar-refractivity contribution in [3.8, 4) is 11.5 Å². The lowest BCUT2D eigenvalue weighted by atomic mass is 10.1. The molecule has 0 saturated carbocycles. The first-order valence-electron chi connectivity index (χ1n) is 11.0. The molecule has 0 atom stereocenters. The molecule has 1 aromatic heterocycles. The number of ether oxygens (including phenoxy) is 3. The van der Waals surface area contributed by atoms with Crippen LogP contribution < -0.4 is 14.8 Å². The molecule has 0 spiro atoms. The standard InChI is InChI=1S/C25H20BrN3O9/c1-35-21-11-16(26)9-15(22(21)37-13-14-4-3-5-17(8-14)29(33)34)10-19-23(30)28(25(32)27-19)12-18-6-7-20(38-18)24(31)36-2/h3-11H,12-13H2,1-2H3,(H,27,32)/b19-10-. The Bertz CT molecular complexity index is 1460. The molecule has 4 rings (SSSR count). The minimum atomic E-state index is -0.685. The van der Waals surface area contributed by atoms with Crippen LogP contribution in [0.1, 0.15) is 27.4 Å². The van der Waals surface area contributed by atoms with Gasteiger partial charge in [0.25, 0.3) is 11.6 Å². The summed E-state index contributed by atoms with van der Waals surface area (Å²) in [6.07, 6.45) is 1.43. The Kier molecular flexibility index (Phi) is 7.76. The number of nitro groups is 1. The molecule has 196 valence electrons. The quantitative estimate of drug-likeness (QED) is 0.126. The number of esters is 1. The van der Waals surface area contributed by atoms with Gasteiger partial charge < -0.3 is 23.9 Å². The van der Waals surface area contributed by atoms with E-state index >= 15 is 0 Å². The van der Waals surface area contributed by atoms with E-state index in [1.807, 2.05) is 0 Å². The molecule has 0 unspecified atom stereocenters. The molecular weight excluding hydrogens is 566 g/mol. The molecule has 1 aliphatic heterocycles. The van der Waals surface area contributed by atoms with Crippen LogP contribution >= 0.6 is 15.9 Å². The van der Waals surface area contributed by atoms with Crippen molar-refractivity contribution >= 4 is 45.6 Å². The van der Waals surface area contributed by atoms with Crippen molar-refractivity contribution in [1.82, 2.24) is 10.2 Å². The number of nitro benzene ring substituents is 1. The minimum Gasteiger partial charge on any atom is -0.493 e. The molecule has 1 N–H and O–H groups in total. The lowest BCUT2D eigenvalue weighted by molar-refractivity contribution is -0.384. The normalized spacial score (nSPS) is 14.0. The van der Waals surface area contributed by atoms with Gasteiger partial charge in [-0.05, 0) is 35.9 Å². The van der Waals surface area contributed by atoms with Gasteiger partial charge in [0.1, 0.15) is 18.1 Å². The molecular formula is C25H20BrN3O9. The van der Waals surface area contributed by atoms with Crippen molar-refractivity contribution in [2.75, 3.05) is 14.2 Å². The number of carbonyl (C=O) groups excluding carboxylic acids is 3. The molecule has 1 fully saturated rings. The second-order valence-electron chi connectivity index (χ2n) is 7.88. The Labute approximate surface area is 224 Å². The van der Waals surface area contributed by atoms with Crippen LogP contribution in [0.25, 0.3) is 6.08 Å². The smallest absolute Gasteiger partial charge is 0.373 e. The highest BCUT2D eigenvalue weighted by Crippen LogP contribution is 2.37. The van der Waals surface area contributed by atoms with Gasteiger partial charge >= 0.3 is 12.0 Å². The van der Waals surface area contributed by atoms with E-state index in [0.29, 0.717) is 21.3 Å². The summed E-state index contributed by atoms with van der Waals surface area (Å²) in [6, 6.07) is 11.5. The zero-order chi connectivity index (χ0) is 27.4. The van der Waals surface area contributed by atoms with Crippen LogP contribution in [0.4, 0.5) is 10.5 Å². The lowest BCUT2D eigenvalue weighted by Gasteiger charge is -2.15. The summed E-state index contributed by atoms with van der Waals surface area (Å²) in [7, 11) is 2.65. The maximum Gasteiger partial charge on any atom is 0.373 e. The number of furan rings is 1. The van der Waals surface area contributed by atoms with Gasteiger partial charge in [-0.3, -0.25) is 19.8 Å². The first kappa shape index (κ1) is 26.4. The summed E-state index contributed by atoms with van der Waals surface area (Å²) in [6.45, 7) is -0.236. The van der Waals surface area contributed by atoms with Crippen molar-refractivity contribution in [1.29, 1.82) is 0 Å². The number of non-ortho nitro benzene ring substituents is 1. The van der Waals surface area contributed by atoms with Crippen molar-refractivity contribution in [2.45, 2.75) is 13.2 Å². The minimum absolute atomic E-state index is 0.0245. The van der Waals surface area contributed by atoms with E-state index in [4.69, 9.17) is 13.9 Å². The predicted molar refractivity (Wildman–Crippen MR) is 135 cm³/mol. The molecule has 3 amide bonds. The monoisotopic (exact) mass is 585 g/mol. The molecule has 2 heterocycles. The fraction of sp³-hybridized carbons (Fsp3) is 0.160. The van der Waals surface area contributed by atoms with Gasteiger partial charge in [0.2, 0.25) is 5.76 Å². The zero-order valence-electron chi connectivity index (χ0n) is 20.1. The number of halogens is 1. The maximum absolute atomic E-state index is 13.0. The van der Waals surface area contributed by atoms with Crippen molar-refractivity contribution in [3.63, 3.8) is 0 Å². The van der Waals surface area contributed by atoms with Gasteiger partial charge in [0.15, 0.2) is 11.5 Å². The molecule has 38 heavy (non-hydrogen) atoms. The number of nitrogens with zero attached hydrogens (tertiary/aromatic N) is 2.